The van der Waals surface area contributed by atoms with Crippen LogP contribution in [0.2, 0.25) is 0 Å². The van der Waals surface area contributed by atoms with Crippen molar-refractivity contribution in [2.75, 3.05) is 0 Å². The van der Waals surface area contributed by atoms with Gasteiger partial charge in [0.05, 0.1) is 0 Å². The van der Waals surface area contributed by atoms with Gasteiger partial charge in [0.25, 0.3) is 0 Å². The summed E-state index contributed by atoms with van der Waals surface area (Å²) in [4.78, 5) is 0. The van der Waals surface area contributed by atoms with E-state index in [1.807, 2.05) is 0 Å². The number of rotatable bonds is 29. The molecule has 2 N–H and O–H groups in total. The summed E-state index contributed by atoms with van der Waals surface area (Å²) in [6.07, 6.45) is 43.3. The Bertz CT molecular complexity index is 792. The third kappa shape index (κ3) is 21.0. The number of unbranched alkanes of at least 4 members (excludes halogenated alkanes) is 21. The molecule has 2 saturated heterocycles. The molecule has 2 fully saturated rings. The molecule has 0 aromatic rings. The van der Waals surface area contributed by atoms with Crippen molar-refractivity contribution in [3.8, 4) is 0 Å². The van der Waals surface area contributed by atoms with E-state index in [0.717, 1.165) is 23.7 Å². The van der Waals surface area contributed by atoms with Crippen molar-refractivity contribution in [1.29, 1.82) is 0 Å². The van der Waals surface area contributed by atoms with Crippen LogP contribution in [0.15, 0.2) is 0 Å². The minimum absolute atomic E-state index is 0.237. The standard InChI is InChI=1S/C48H96N2/c1-11-13-15-17-19-21-23-25-27-29-31-33-35-44(43-39-47(7,8)50-48(9,10)40-43)42(36-41-37-45(3,4)49-46(5,6)38-41)34-32-30-28-26-24-22-20-18-16-14-12-2/h41-44,49-50H,11-40H2,1-10H3. The SMILES string of the molecule is CCCCCCCCCCCCCCC(C(CCCCCCCCCCCCC)CC1CC(C)(C)NC(C)(C)C1)C1CC(C)(C)NC(C)(C)C1. The second-order valence-electron chi connectivity index (χ2n) is 20.9. The highest BCUT2D eigenvalue weighted by atomic mass is 15.1. The first-order valence-corrected chi connectivity index (χ1v) is 23.3. The van der Waals surface area contributed by atoms with Crippen LogP contribution in [0.25, 0.3) is 0 Å². The molecule has 0 aromatic carbocycles. The molecule has 2 atom stereocenters. The fourth-order valence-corrected chi connectivity index (χ4v) is 11.5. The summed E-state index contributed by atoms with van der Waals surface area (Å²) < 4.78 is 0. The van der Waals surface area contributed by atoms with Gasteiger partial charge in [0.1, 0.15) is 0 Å². The van der Waals surface area contributed by atoms with Crippen LogP contribution >= 0.6 is 0 Å². The Morgan fingerprint density at radius 2 is 0.700 bits per heavy atom. The van der Waals surface area contributed by atoms with Gasteiger partial charge >= 0.3 is 0 Å². The summed E-state index contributed by atoms with van der Waals surface area (Å²) in [6.45, 7) is 24.5. The first-order chi connectivity index (χ1) is 23.7. The Morgan fingerprint density at radius 1 is 0.400 bits per heavy atom. The highest BCUT2D eigenvalue weighted by Crippen LogP contribution is 2.47. The van der Waals surface area contributed by atoms with Crippen molar-refractivity contribution < 1.29 is 0 Å². The van der Waals surface area contributed by atoms with Crippen LogP contribution in [0.3, 0.4) is 0 Å². The van der Waals surface area contributed by atoms with Crippen molar-refractivity contribution in [3.05, 3.63) is 0 Å². The summed E-state index contributed by atoms with van der Waals surface area (Å²) in [5.74, 6) is 3.49. The summed E-state index contributed by atoms with van der Waals surface area (Å²) in [7, 11) is 0. The largest absolute Gasteiger partial charge is 0.307 e. The van der Waals surface area contributed by atoms with Crippen molar-refractivity contribution in [2.45, 2.75) is 284 Å². The third-order valence-corrected chi connectivity index (χ3v) is 12.9. The molecule has 50 heavy (non-hydrogen) atoms. The van der Waals surface area contributed by atoms with Gasteiger partial charge in [0, 0.05) is 22.2 Å². The Hall–Kier alpha value is -0.0800. The number of piperidine rings is 2. The van der Waals surface area contributed by atoms with Gasteiger partial charge in [-0.3, -0.25) is 0 Å². The molecule has 2 heteroatoms. The first-order valence-electron chi connectivity index (χ1n) is 23.3. The Labute approximate surface area is 317 Å². The molecule has 2 nitrogen and oxygen atoms in total. The van der Waals surface area contributed by atoms with Crippen molar-refractivity contribution >= 4 is 0 Å². The monoisotopic (exact) mass is 701 g/mol. The first kappa shape index (κ1) is 46.1. The lowest BCUT2D eigenvalue weighted by molar-refractivity contribution is 0.0415. The van der Waals surface area contributed by atoms with Crippen LogP contribution in [0, 0.1) is 23.7 Å². The molecule has 2 aliphatic rings. The summed E-state index contributed by atoms with van der Waals surface area (Å²) in [6, 6.07) is 0. The zero-order chi connectivity index (χ0) is 36.9. The Morgan fingerprint density at radius 3 is 1.06 bits per heavy atom. The molecule has 0 spiro atoms. The van der Waals surface area contributed by atoms with Crippen LogP contribution in [0.1, 0.15) is 262 Å². The van der Waals surface area contributed by atoms with Crippen LogP contribution < -0.4 is 10.6 Å². The number of nitrogens with one attached hydrogen (secondary N) is 2. The lowest BCUT2D eigenvalue weighted by Gasteiger charge is -2.51. The molecular formula is C48H96N2. The van der Waals surface area contributed by atoms with Gasteiger partial charge in [0.15, 0.2) is 0 Å². The summed E-state index contributed by atoms with van der Waals surface area (Å²) in [5, 5.41) is 8.07. The summed E-state index contributed by atoms with van der Waals surface area (Å²) >= 11 is 0. The van der Waals surface area contributed by atoms with E-state index >= 15 is 0 Å². The Balaban J connectivity index is 2.04. The van der Waals surface area contributed by atoms with E-state index in [2.05, 4.69) is 79.9 Å². The van der Waals surface area contributed by atoms with E-state index in [0.29, 0.717) is 0 Å². The van der Waals surface area contributed by atoms with E-state index in [1.54, 1.807) is 0 Å². The smallest absolute Gasteiger partial charge is 0.0132 e. The van der Waals surface area contributed by atoms with Gasteiger partial charge in [-0.25, -0.2) is 0 Å². The second kappa shape index (κ2) is 24.4. The maximum absolute atomic E-state index is 4.06. The van der Waals surface area contributed by atoms with E-state index in [9.17, 15) is 0 Å². The predicted octanol–water partition coefficient (Wildman–Crippen LogP) is 15.5. The summed E-state index contributed by atoms with van der Waals surface area (Å²) in [5.41, 5.74) is 0.969. The average Bonchev–Trinajstić information content (AvgIpc) is 2.98. The van der Waals surface area contributed by atoms with E-state index in [-0.39, 0.29) is 22.2 Å². The van der Waals surface area contributed by atoms with Gasteiger partial charge in [0.2, 0.25) is 0 Å². The zero-order valence-corrected chi connectivity index (χ0v) is 36.5. The van der Waals surface area contributed by atoms with Gasteiger partial charge in [-0.05, 0) is 118 Å². The van der Waals surface area contributed by atoms with Gasteiger partial charge in [-0.15, -0.1) is 0 Å². The molecule has 0 aliphatic carbocycles. The van der Waals surface area contributed by atoms with Crippen LogP contribution in [0.5, 0.6) is 0 Å². The molecule has 2 rings (SSSR count). The fraction of sp³-hybridized carbons (Fsp3) is 1.00. The molecule has 2 aliphatic heterocycles. The minimum atomic E-state index is 0.237. The molecule has 0 radical (unpaired) electrons. The molecule has 0 saturated carbocycles. The molecular weight excluding hydrogens is 605 g/mol. The quantitative estimate of drug-likeness (QED) is 0.0759. The van der Waals surface area contributed by atoms with E-state index < -0.39 is 0 Å². The van der Waals surface area contributed by atoms with Crippen molar-refractivity contribution in [1.82, 2.24) is 10.6 Å². The molecule has 0 amide bonds. The van der Waals surface area contributed by atoms with E-state index in [1.165, 1.54) is 193 Å². The maximum Gasteiger partial charge on any atom is 0.0132 e. The van der Waals surface area contributed by atoms with Crippen molar-refractivity contribution in [2.24, 2.45) is 23.7 Å². The Kier molecular flexibility index (Phi) is 22.4. The predicted molar refractivity (Wildman–Crippen MR) is 226 cm³/mol. The van der Waals surface area contributed by atoms with Gasteiger partial charge < -0.3 is 10.6 Å². The van der Waals surface area contributed by atoms with Crippen LogP contribution in [-0.4, -0.2) is 22.2 Å². The molecule has 298 valence electrons. The average molecular weight is 701 g/mol. The van der Waals surface area contributed by atoms with E-state index in [4.69, 9.17) is 0 Å². The number of hydrogen-bond donors (Lipinski definition) is 2. The second-order valence-corrected chi connectivity index (χ2v) is 20.9. The lowest BCUT2D eigenvalue weighted by Crippen LogP contribution is -2.59. The molecule has 0 bridgehead atoms. The molecule has 2 unspecified atom stereocenters. The topological polar surface area (TPSA) is 24.1 Å². The third-order valence-electron chi connectivity index (χ3n) is 12.9. The minimum Gasteiger partial charge on any atom is -0.307 e. The highest BCUT2D eigenvalue weighted by molar-refractivity contribution is 5.01. The van der Waals surface area contributed by atoms with Crippen LogP contribution in [0.4, 0.5) is 0 Å². The lowest BCUT2D eigenvalue weighted by atomic mass is 9.62. The fourth-order valence-electron chi connectivity index (χ4n) is 11.5. The molecule has 2 heterocycles. The van der Waals surface area contributed by atoms with Gasteiger partial charge in [-0.2, -0.15) is 0 Å². The normalized spacial score (nSPS) is 21.7. The number of hydrogen-bond acceptors (Lipinski definition) is 2. The zero-order valence-electron chi connectivity index (χ0n) is 36.5. The molecule has 0 aromatic heterocycles. The highest BCUT2D eigenvalue weighted by Gasteiger charge is 2.44. The van der Waals surface area contributed by atoms with Gasteiger partial charge in [-0.1, -0.05) is 168 Å². The maximum atomic E-state index is 4.06. The van der Waals surface area contributed by atoms with Crippen LogP contribution in [-0.2, 0) is 0 Å². The van der Waals surface area contributed by atoms with Crippen molar-refractivity contribution in [3.63, 3.8) is 0 Å².